The largest absolute Gasteiger partial charge is 0.497 e. The van der Waals surface area contributed by atoms with Crippen LogP contribution in [0.3, 0.4) is 0 Å². The lowest BCUT2D eigenvalue weighted by atomic mass is 10.1. The second-order valence-electron chi connectivity index (χ2n) is 5.11. The van der Waals surface area contributed by atoms with Crippen molar-refractivity contribution >= 4 is 0 Å². The van der Waals surface area contributed by atoms with Gasteiger partial charge >= 0.3 is 0 Å². The van der Waals surface area contributed by atoms with Gasteiger partial charge in [0.15, 0.2) is 0 Å². The quantitative estimate of drug-likeness (QED) is 0.820. The third kappa shape index (κ3) is 3.28. The molecule has 1 aliphatic carbocycles. The summed E-state index contributed by atoms with van der Waals surface area (Å²) >= 11 is 0. The van der Waals surface area contributed by atoms with E-state index in [-0.39, 0.29) is 6.10 Å². The van der Waals surface area contributed by atoms with Gasteiger partial charge < -0.3 is 14.8 Å². The van der Waals surface area contributed by atoms with Crippen molar-refractivity contribution < 1.29 is 9.47 Å². The summed E-state index contributed by atoms with van der Waals surface area (Å²) in [5.74, 6) is 0.929. The molecular weight excluding hydrogens is 238 g/mol. The lowest BCUT2D eigenvalue weighted by Crippen LogP contribution is -2.31. The molecule has 1 aromatic carbocycles. The smallest absolute Gasteiger partial charge is 0.119 e. The first kappa shape index (κ1) is 14.4. The van der Waals surface area contributed by atoms with Gasteiger partial charge in [0.25, 0.3) is 0 Å². The maximum atomic E-state index is 6.01. The van der Waals surface area contributed by atoms with Crippen LogP contribution in [0.25, 0.3) is 0 Å². The van der Waals surface area contributed by atoms with E-state index in [9.17, 15) is 0 Å². The Labute approximate surface area is 116 Å². The van der Waals surface area contributed by atoms with E-state index < -0.39 is 0 Å². The van der Waals surface area contributed by atoms with Crippen molar-refractivity contribution in [3.8, 4) is 5.75 Å². The van der Waals surface area contributed by atoms with Gasteiger partial charge in [-0.25, -0.2) is 0 Å². The zero-order valence-corrected chi connectivity index (χ0v) is 12.2. The molecule has 19 heavy (non-hydrogen) atoms. The molecule has 2 rings (SSSR count). The number of fused-ring (bicyclic) bond motifs is 1. The van der Waals surface area contributed by atoms with E-state index in [4.69, 9.17) is 9.47 Å². The lowest BCUT2D eigenvalue weighted by Gasteiger charge is -2.22. The number of methoxy groups -OCH3 is 1. The Morgan fingerprint density at radius 2 is 2.11 bits per heavy atom. The van der Waals surface area contributed by atoms with E-state index in [0.717, 1.165) is 38.2 Å². The van der Waals surface area contributed by atoms with Crippen LogP contribution in [0, 0.1) is 0 Å². The Morgan fingerprint density at radius 3 is 2.79 bits per heavy atom. The summed E-state index contributed by atoms with van der Waals surface area (Å²) in [6, 6.07) is 6.66. The van der Waals surface area contributed by atoms with Crippen molar-refractivity contribution in [1.29, 1.82) is 0 Å². The molecule has 0 aromatic heterocycles. The van der Waals surface area contributed by atoms with Crippen LogP contribution in [-0.4, -0.2) is 26.4 Å². The molecule has 0 amide bonds. The van der Waals surface area contributed by atoms with Crippen molar-refractivity contribution in [2.24, 2.45) is 0 Å². The highest BCUT2D eigenvalue weighted by Gasteiger charge is 2.32. The number of ether oxygens (including phenoxy) is 2. The number of hydrogen-bond acceptors (Lipinski definition) is 3. The van der Waals surface area contributed by atoms with Crippen molar-refractivity contribution in [3.05, 3.63) is 29.3 Å². The fraction of sp³-hybridized carbons (Fsp3) is 0.625. The number of hydrogen-bond donors (Lipinski definition) is 1. The molecule has 3 nitrogen and oxygen atoms in total. The molecule has 1 aliphatic rings. The number of rotatable bonds is 7. The van der Waals surface area contributed by atoms with Crippen LogP contribution < -0.4 is 10.1 Å². The van der Waals surface area contributed by atoms with Crippen LogP contribution >= 0.6 is 0 Å². The Morgan fingerprint density at radius 1 is 1.26 bits per heavy atom. The Kier molecular flexibility index (Phi) is 5.23. The molecule has 0 saturated heterocycles. The minimum atomic E-state index is 0.258. The van der Waals surface area contributed by atoms with E-state index in [1.165, 1.54) is 11.1 Å². The maximum absolute atomic E-state index is 6.01. The minimum absolute atomic E-state index is 0.258. The Balaban J connectivity index is 2.17. The van der Waals surface area contributed by atoms with E-state index in [0.29, 0.717) is 6.04 Å². The molecule has 2 unspecified atom stereocenters. The van der Waals surface area contributed by atoms with Crippen LogP contribution in [0.1, 0.15) is 43.9 Å². The average molecular weight is 263 g/mol. The molecule has 1 aromatic rings. The SMILES string of the molecule is CCCNC1c2cc(OC)ccc2CC1OCCC. The van der Waals surface area contributed by atoms with Gasteiger partial charge in [0.05, 0.1) is 19.3 Å². The van der Waals surface area contributed by atoms with Crippen LogP contribution in [0.15, 0.2) is 18.2 Å². The Bertz CT molecular complexity index is 406. The van der Waals surface area contributed by atoms with Crippen molar-refractivity contribution in [2.45, 2.75) is 45.3 Å². The lowest BCUT2D eigenvalue weighted by molar-refractivity contribution is 0.0352. The van der Waals surface area contributed by atoms with Crippen LogP contribution in [0.4, 0.5) is 0 Å². The van der Waals surface area contributed by atoms with Gasteiger partial charge in [-0.05, 0) is 42.6 Å². The molecule has 3 heteroatoms. The predicted molar refractivity (Wildman–Crippen MR) is 77.8 cm³/mol. The molecule has 0 radical (unpaired) electrons. The summed E-state index contributed by atoms with van der Waals surface area (Å²) in [6.07, 6.45) is 3.46. The summed E-state index contributed by atoms with van der Waals surface area (Å²) in [5, 5.41) is 3.62. The first-order valence-corrected chi connectivity index (χ1v) is 7.32. The molecule has 0 fully saturated rings. The van der Waals surface area contributed by atoms with Crippen molar-refractivity contribution in [2.75, 3.05) is 20.3 Å². The predicted octanol–water partition coefficient (Wildman–Crippen LogP) is 3.09. The molecule has 1 N–H and O–H groups in total. The molecule has 106 valence electrons. The standard InChI is InChI=1S/C16H25NO2/c1-4-8-17-16-14-11-13(18-3)7-6-12(14)10-15(16)19-9-5-2/h6-7,11,15-17H,4-5,8-10H2,1-3H3. The van der Waals surface area contributed by atoms with Crippen molar-refractivity contribution in [3.63, 3.8) is 0 Å². The number of nitrogens with one attached hydrogen (secondary N) is 1. The van der Waals surface area contributed by atoms with E-state index >= 15 is 0 Å². The highest BCUT2D eigenvalue weighted by molar-refractivity contribution is 5.42. The van der Waals surface area contributed by atoms with Crippen molar-refractivity contribution in [1.82, 2.24) is 5.32 Å². The highest BCUT2D eigenvalue weighted by Crippen LogP contribution is 2.35. The second kappa shape index (κ2) is 6.92. The second-order valence-corrected chi connectivity index (χ2v) is 5.11. The van der Waals surface area contributed by atoms with Gasteiger partial charge in [0, 0.05) is 13.0 Å². The fourth-order valence-corrected chi connectivity index (χ4v) is 2.68. The van der Waals surface area contributed by atoms with Gasteiger partial charge in [-0.3, -0.25) is 0 Å². The van der Waals surface area contributed by atoms with Crippen LogP contribution in [-0.2, 0) is 11.2 Å². The summed E-state index contributed by atoms with van der Waals surface area (Å²) in [7, 11) is 1.72. The van der Waals surface area contributed by atoms with Gasteiger partial charge in [0.2, 0.25) is 0 Å². The monoisotopic (exact) mass is 263 g/mol. The minimum Gasteiger partial charge on any atom is -0.497 e. The normalized spacial score (nSPS) is 21.4. The summed E-state index contributed by atoms with van der Waals surface area (Å²) in [6.45, 7) is 6.20. The first-order valence-electron chi connectivity index (χ1n) is 7.32. The van der Waals surface area contributed by atoms with Gasteiger partial charge in [-0.1, -0.05) is 19.9 Å². The topological polar surface area (TPSA) is 30.5 Å². The van der Waals surface area contributed by atoms with Crippen LogP contribution in [0.5, 0.6) is 5.75 Å². The zero-order valence-electron chi connectivity index (χ0n) is 12.2. The molecule has 0 bridgehead atoms. The molecule has 0 heterocycles. The van der Waals surface area contributed by atoms with Gasteiger partial charge in [0.1, 0.15) is 5.75 Å². The zero-order chi connectivity index (χ0) is 13.7. The third-order valence-electron chi connectivity index (χ3n) is 3.63. The molecule has 2 atom stereocenters. The summed E-state index contributed by atoms with van der Waals surface area (Å²) in [4.78, 5) is 0. The summed E-state index contributed by atoms with van der Waals surface area (Å²) in [5.41, 5.74) is 2.73. The highest BCUT2D eigenvalue weighted by atomic mass is 16.5. The summed E-state index contributed by atoms with van der Waals surface area (Å²) < 4.78 is 11.4. The van der Waals surface area contributed by atoms with E-state index in [1.54, 1.807) is 7.11 Å². The molecule has 0 aliphatic heterocycles. The van der Waals surface area contributed by atoms with E-state index in [1.807, 2.05) is 6.07 Å². The number of benzene rings is 1. The van der Waals surface area contributed by atoms with Gasteiger partial charge in [-0.2, -0.15) is 0 Å². The third-order valence-corrected chi connectivity index (χ3v) is 3.63. The maximum Gasteiger partial charge on any atom is 0.119 e. The molecule has 0 saturated carbocycles. The Hall–Kier alpha value is -1.06. The molecule has 0 spiro atoms. The van der Waals surface area contributed by atoms with E-state index in [2.05, 4.69) is 31.3 Å². The van der Waals surface area contributed by atoms with Crippen LogP contribution in [0.2, 0.25) is 0 Å². The first-order chi connectivity index (χ1) is 9.30. The average Bonchev–Trinajstić information content (AvgIpc) is 2.79. The molecular formula is C16H25NO2. The fourth-order valence-electron chi connectivity index (χ4n) is 2.68. The van der Waals surface area contributed by atoms with Gasteiger partial charge in [-0.15, -0.1) is 0 Å².